The number of benzene rings is 1. The first-order valence-corrected chi connectivity index (χ1v) is 12.2. The van der Waals surface area contributed by atoms with Crippen molar-refractivity contribution in [3.8, 4) is 11.3 Å². The Labute approximate surface area is 186 Å². The third-order valence-corrected chi connectivity index (χ3v) is 7.70. The van der Waals surface area contributed by atoms with Gasteiger partial charge in [0.05, 0.1) is 11.4 Å². The first kappa shape index (κ1) is 20.6. The Kier molecular flexibility index (Phi) is 5.80. The summed E-state index contributed by atoms with van der Waals surface area (Å²) in [6.45, 7) is 6.22. The maximum Gasteiger partial charge on any atom is 0.225 e. The number of rotatable bonds is 4. The van der Waals surface area contributed by atoms with Crippen LogP contribution in [0.4, 0.5) is 4.39 Å². The summed E-state index contributed by atoms with van der Waals surface area (Å²) >= 11 is 1.64. The molecule has 2 aromatic heterocycles. The van der Waals surface area contributed by atoms with E-state index in [9.17, 15) is 9.18 Å². The molecule has 0 atom stereocenters. The van der Waals surface area contributed by atoms with E-state index >= 15 is 0 Å². The van der Waals surface area contributed by atoms with Crippen molar-refractivity contribution in [1.29, 1.82) is 0 Å². The predicted molar refractivity (Wildman–Crippen MR) is 122 cm³/mol. The molecule has 2 fully saturated rings. The predicted octanol–water partition coefficient (Wildman–Crippen LogP) is 4.73. The molecule has 3 aromatic rings. The molecule has 1 saturated carbocycles. The van der Waals surface area contributed by atoms with Gasteiger partial charge in [-0.1, -0.05) is 19.3 Å². The molecular weight excluding hydrogens is 411 g/mol. The number of nitrogens with zero attached hydrogens (tertiary/aromatic N) is 4. The van der Waals surface area contributed by atoms with Crippen molar-refractivity contribution in [2.45, 2.75) is 45.6 Å². The molecule has 7 heteroatoms. The molecule has 1 aliphatic carbocycles. The van der Waals surface area contributed by atoms with Gasteiger partial charge in [0.15, 0.2) is 4.96 Å². The van der Waals surface area contributed by atoms with Crippen molar-refractivity contribution >= 4 is 22.2 Å². The topological polar surface area (TPSA) is 40.9 Å². The van der Waals surface area contributed by atoms with Gasteiger partial charge in [0.25, 0.3) is 0 Å². The van der Waals surface area contributed by atoms with Gasteiger partial charge >= 0.3 is 0 Å². The number of aromatic nitrogens is 2. The van der Waals surface area contributed by atoms with Crippen LogP contribution in [-0.4, -0.2) is 51.3 Å². The second kappa shape index (κ2) is 8.71. The molecule has 5 rings (SSSR count). The molecule has 0 N–H and O–H groups in total. The Morgan fingerprint density at radius 2 is 1.81 bits per heavy atom. The molecule has 31 heavy (non-hydrogen) atoms. The minimum atomic E-state index is -0.235. The summed E-state index contributed by atoms with van der Waals surface area (Å²) in [5.74, 6) is 0.376. The summed E-state index contributed by atoms with van der Waals surface area (Å²) in [5.41, 5.74) is 4.18. The molecule has 0 unspecified atom stereocenters. The molecule has 0 radical (unpaired) electrons. The van der Waals surface area contributed by atoms with Crippen molar-refractivity contribution < 1.29 is 9.18 Å². The largest absolute Gasteiger partial charge is 0.340 e. The van der Waals surface area contributed by atoms with Crippen LogP contribution < -0.4 is 0 Å². The number of carbonyl (C=O) groups excluding carboxylic acids is 1. The second-order valence-corrected chi connectivity index (χ2v) is 9.68. The highest BCUT2D eigenvalue weighted by atomic mass is 32.1. The third kappa shape index (κ3) is 4.13. The van der Waals surface area contributed by atoms with E-state index in [1.54, 1.807) is 23.5 Å². The van der Waals surface area contributed by atoms with Crippen molar-refractivity contribution in [2.75, 3.05) is 26.2 Å². The number of hydrogen-bond acceptors (Lipinski definition) is 4. The highest BCUT2D eigenvalue weighted by Crippen LogP contribution is 2.30. The zero-order valence-electron chi connectivity index (χ0n) is 18.0. The molecule has 164 valence electrons. The van der Waals surface area contributed by atoms with E-state index in [2.05, 4.69) is 26.5 Å². The number of aryl methyl sites for hydroxylation is 1. The summed E-state index contributed by atoms with van der Waals surface area (Å²) in [4.78, 5) is 23.2. The van der Waals surface area contributed by atoms with Gasteiger partial charge in [-0.05, 0) is 44.0 Å². The van der Waals surface area contributed by atoms with Gasteiger partial charge in [0.1, 0.15) is 5.82 Å². The zero-order valence-corrected chi connectivity index (χ0v) is 18.8. The first-order valence-electron chi connectivity index (χ1n) is 11.3. The van der Waals surface area contributed by atoms with Crippen LogP contribution in [0.3, 0.4) is 0 Å². The van der Waals surface area contributed by atoms with Crippen molar-refractivity contribution in [1.82, 2.24) is 19.2 Å². The SMILES string of the molecule is Cc1csc2nc(-c3ccc(F)cc3)c(CN3CCN(C(=O)C4CCCCC4)CC3)n12. The fraction of sp³-hybridized carbons (Fsp3) is 0.500. The Morgan fingerprint density at radius 1 is 1.10 bits per heavy atom. The van der Waals surface area contributed by atoms with E-state index in [0.29, 0.717) is 5.91 Å². The van der Waals surface area contributed by atoms with E-state index < -0.39 is 0 Å². The van der Waals surface area contributed by atoms with Crippen LogP contribution in [0.5, 0.6) is 0 Å². The normalized spacial score (nSPS) is 18.7. The van der Waals surface area contributed by atoms with Crippen LogP contribution in [0.25, 0.3) is 16.2 Å². The van der Waals surface area contributed by atoms with Crippen LogP contribution in [0.2, 0.25) is 0 Å². The van der Waals surface area contributed by atoms with Crippen LogP contribution >= 0.6 is 11.3 Å². The van der Waals surface area contributed by atoms with E-state index in [0.717, 1.165) is 67.5 Å². The van der Waals surface area contributed by atoms with Gasteiger partial charge in [-0.3, -0.25) is 14.1 Å². The number of thiazole rings is 1. The molecule has 1 aromatic carbocycles. The smallest absolute Gasteiger partial charge is 0.225 e. The monoisotopic (exact) mass is 440 g/mol. The molecule has 2 aliphatic rings. The van der Waals surface area contributed by atoms with Crippen molar-refractivity contribution in [3.63, 3.8) is 0 Å². The molecule has 0 spiro atoms. The minimum Gasteiger partial charge on any atom is -0.340 e. The van der Waals surface area contributed by atoms with E-state index in [4.69, 9.17) is 4.98 Å². The molecule has 3 heterocycles. The number of piperazine rings is 1. The fourth-order valence-corrected chi connectivity index (χ4v) is 5.88. The Bertz CT molecular complexity index is 1060. The summed E-state index contributed by atoms with van der Waals surface area (Å²) in [6, 6.07) is 6.60. The average molecular weight is 441 g/mol. The lowest BCUT2D eigenvalue weighted by Gasteiger charge is -2.37. The van der Waals surface area contributed by atoms with Crippen LogP contribution in [0.1, 0.15) is 43.5 Å². The average Bonchev–Trinajstić information content (AvgIpc) is 3.35. The molecule has 1 amide bonds. The second-order valence-electron chi connectivity index (χ2n) is 8.85. The van der Waals surface area contributed by atoms with Gasteiger partial charge in [-0.25, -0.2) is 9.37 Å². The van der Waals surface area contributed by atoms with E-state index in [-0.39, 0.29) is 11.7 Å². The molecule has 5 nitrogen and oxygen atoms in total. The Balaban J connectivity index is 1.33. The molecule has 0 bridgehead atoms. The molecule has 1 saturated heterocycles. The maximum atomic E-state index is 13.5. The van der Waals surface area contributed by atoms with Gasteiger partial charge in [0, 0.05) is 55.3 Å². The highest BCUT2D eigenvalue weighted by Gasteiger charge is 2.29. The fourth-order valence-electron chi connectivity index (χ4n) is 5.00. The van der Waals surface area contributed by atoms with E-state index in [1.165, 1.54) is 37.1 Å². The lowest BCUT2D eigenvalue weighted by atomic mass is 9.88. The molecular formula is C24H29FN4OS. The summed E-state index contributed by atoms with van der Waals surface area (Å²) in [6.07, 6.45) is 5.78. The lowest BCUT2D eigenvalue weighted by Crippen LogP contribution is -2.50. The highest BCUT2D eigenvalue weighted by molar-refractivity contribution is 7.15. The summed E-state index contributed by atoms with van der Waals surface area (Å²) < 4.78 is 15.7. The first-order chi connectivity index (χ1) is 15.1. The summed E-state index contributed by atoms with van der Waals surface area (Å²) in [5, 5.41) is 2.13. The van der Waals surface area contributed by atoms with Crippen LogP contribution in [0.15, 0.2) is 29.6 Å². The van der Waals surface area contributed by atoms with Crippen molar-refractivity contribution in [2.24, 2.45) is 5.92 Å². The number of hydrogen-bond donors (Lipinski definition) is 0. The molecule has 1 aliphatic heterocycles. The quantitative estimate of drug-likeness (QED) is 0.589. The number of halogens is 1. The maximum absolute atomic E-state index is 13.5. The summed E-state index contributed by atoms with van der Waals surface area (Å²) in [7, 11) is 0. The number of carbonyl (C=O) groups is 1. The zero-order chi connectivity index (χ0) is 21.4. The lowest BCUT2D eigenvalue weighted by molar-refractivity contribution is -0.138. The van der Waals surface area contributed by atoms with Crippen LogP contribution in [0, 0.1) is 18.7 Å². The van der Waals surface area contributed by atoms with Gasteiger partial charge in [0.2, 0.25) is 5.91 Å². The van der Waals surface area contributed by atoms with Crippen LogP contribution in [-0.2, 0) is 11.3 Å². The number of imidazole rings is 1. The third-order valence-electron chi connectivity index (χ3n) is 6.76. The minimum absolute atomic E-state index is 0.235. The van der Waals surface area contributed by atoms with Gasteiger partial charge in [-0.2, -0.15) is 0 Å². The van der Waals surface area contributed by atoms with Crippen molar-refractivity contribution in [3.05, 3.63) is 46.9 Å². The Hall–Kier alpha value is -2.25. The Morgan fingerprint density at radius 3 is 2.52 bits per heavy atom. The number of fused-ring (bicyclic) bond motifs is 1. The standard InChI is InChI=1S/C24H29FN4OS/c1-17-16-31-24-26-22(18-7-9-20(25)10-8-18)21(29(17)24)15-27-11-13-28(14-12-27)23(30)19-5-3-2-4-6-19/h7-10,16,19H,2-6,11-15H2,1H3. The van der Waals surface area contributed by atoms with E-state index in [1.807, 2.05) is 0 Å². The number of amides is 1. The van der Waals surface area contributed by atoms with Gasteiger partial charge in [-0.15, -0.1) is 11.3 Å². The van der Waals surface area contributed by atoms with Gasteiger partial charge < -0.3 is 4.90 Å².